The standard InChI is InChI=1S/C18H22ClN3O4/c1-24-18(23)15-16(13-3-5-14(19)6-4-13)21-26-17(15)20-7-2-8-22-9-11-25-12-10-22/h3-6,20H,2,7-12H2,1H3. The molecule has 1 N–H and O–H groups in total. The lowest BCUT2D eigenvalue weighted by Crippen LogP contribution is -2.37. The van der Waals surface area contributed by atoms with Crippen molar-refractivity contribution < 1.29 is 18.8 Å². The van der Waals surface area contributed by atoms with Crippen LogP contribution in [0.25, 0.3) is 11.3 Å². The van der Waals surface area contributed by atoms with Gasteiger partial charge in [0.25, 0.3) is 0 Å². The summed E-state index contributed by atoms with van der Waals surface area (Å²) >= 11 is 5.92. The van der Waals surface area contributed by atoms with Crippen LogP contribution >= 0.6 is 11.6 Å². The van der Waals surface area contributed by atoms with Crippen LogP contribution in [0.15, 0.2) is 28.8 Å². The Morgan fingerprint density at radius 1 is 1.31 bits per heavy atom. The van der Waals surface area contributed by atoms with Crippen LogP contribution in [0.1, 0.15) is 16.8 Å². The Bertz CT molecular complexity index is 727. The number of rotatable bonds is 7. The molecular weight excluding hydrogens is 358 g/mol. The Balaban J connectivity index is 1.66. The Labute approximate surface area is 157 Å². The molecular formula is C18H22ClN3O4. The van der Waals surface area contributed by atoms with E-state index in [0.29, 0.717) is 28.7 Å². The molecule has 1 aromatic carbocycles. The van der Waals surface area contributed by atoms with Crippen molar-refractivity contribution in [2.45, 2.75) is 6.42 Å². The van der Waals surface area contributed by atoms with Gasteiger partial charge in [0.15, 0.2) is 5.56 Å². The maximum absolute atomic E-state index is 12.2. The first kappa shape index (κ1) is 18.7. The number of nitrogens with one attached hydrogen (secondary N) is 1. The van der Waals surface area contributed by atoms with Crippen LogP contribution in [0.2, 0.25) is 5.02 Å². The lowest BCUT2D eigenvalue weighted by Gasteiger charge is -2.26. The molecule has 1 fully saturated rings. The minimum atomic E-state index is -0.494. The molecule has 3 rings (SSSR count). The third-order valence-electron chi connectivity index (χ3n) is 4.24. The molecule has 1 saturated heterocycles. The molecule has 7 nitrogen and oxygen atoms in total. The highest BCUT2D eigenvalue weighted by Gasteiger charge is 2.24. The van der Waals surface area contributed by atoms with Crippen LogP contribution in [0.5, 0.6) is 0 Å². The summed E-state index contributed by atoms with van der Waals surface area (Å²) in [6, 6.07) is 7.05. The second kappa shape index (κ2) is 9.02. The number of benzene rings is 1. The number of ether oxygens (including phenoxy) is 2. The summed E-state index contributed by atoms with van der Waals surface area (Å²) < 4.78 is 15.6. The number of carbonyl (C=O) groups excluding carboxylic acids is 1. The van der Waals surface area contributed by atoms with E-state index in [1.165, 1.54) is 7.11 Å². The minimum absolute atomic E-state index is 0.293. The van der Waals surface area contributed by atoms with Crippen molar-refractivity contribution in [1.82, 2.24) is 10.1 Å². The molecule has 0 amide bonds. The molecule has 2 aromatic rings. The largest absolute Gasteiger partial charge is 0.465 e. The van der Waals surface area contributed by atoms with Gasteiger partial charge in [-0.15, -0.1) is 0 Å². The monoisotopic (exact) mass is 379 g/mol. The van der Waals surface area contributed by atoms with Gasteiger partial charge in [0.2, 0.25) is 5.88 Å². The van der Waals surface area contributed by atoms with Gasteiger partial charge in [-0.25, -0.2) is 4.79 Å². The van der Waals surface area contributed by atoms with E-state index in [0.717, 1.165) is 44.8 Å². The van der Waals surface area contributed by atoms with Gasteiger partial charge in [-0.1, -0.05) is 28.9 Å². The van der Waals surface area contributed by atoms with Gasteiger partial charge in [-0.2, -0.15) is 0 Å². The van der Waals surface area contributed by atoms with E-state index in [4.69, 9.17) is 25.6 Å². The van der Waals surface area contributed by atoms with E-state index < -0.39 is 5.97 Å². The summed E-state index contributed by atoms with van der Waals surface area (Å²) in [6.45, 7) is 5.10. The molecule has 0 spiro atoms. The number of carbonyl (C=O) groups is 1. The summed E-state index contributed by atoms with van der Waals surface area (Å²) in [5, 5.41) is 7.81. The number of nitrogens with zero attached hydrogens (tertiary/aromatic N) is 2. The van der Waals surface area contributed by atoms with Gasteiger partial charge >= 0.3 is 5.97 Å². The van der Waals surface area contributed by atoms with Crippen LogP contribution in [0.3, 0.4) is 0 Å². The Hall–Kier alpha value is -2.09. The molecule has 0 atom stereocenters. The Morgan fingerprint density at radius 3 is 2.73 bits per heavy atom. The SMILES string of the molecule is COC(=O)c1c(-c2ccc(Cl)cc2)noc1NCCCN1CCOCC1. The third kappa shape index (κ3) is 4.55. The molecule has 0 unspecified atom stereocenters. The van der Waals surface area contributed by atoms with Crippen LogP contribution in [-0.4, -0.2) is 62.5 Å². The van der Waals surface area contributed by atoms with Crippen LogP contribution in [0, 0.1) is 0 Å². The highest BCUT2D eigenvalue weighted by Crippen LogP contribution is 2.30. The second-order valence-corrected chi connectivity index (χ2v) is 6.40. The highest BCUT2D eigenvalue weighted by atomic mass is 35.5. The second-order valence-electron chi connectivity index (χ2n) is 5.97. The fourth-order valence-corrected chi connectivity index (χ4v) is 2.96. The van der Waals surface area contributed by atoms with Crippen LogP contribution in [-0.2, 0) is 9.47 Å². The zero-order chi connectivity index (χ0) is 18.4. The van der Waals surface area contributed by atoms with Gasteiger partial charge < -0.3 is 19.3 Å². The van der Waals surface area contributed by atoms with Gasteiger partial charge in [-0.3, -0.25) is 4.90 Å². The molecule has 1 aliphatic rings. The van der Waals surface area contributed by atoms with Crippen molar-refractivity contribution in [3.63, 3.8) is 0 Å². The lowest BCUT2D eigenvalue weighted by atomic mass is 10.1. The Kier molecular flexibility index (Phi) is 6.49. The Morgan fingerprint density at radius 2 is 2.04 bits per heavy atom. The number of anilines is 1. The zero-order valence-corrected chi connectivity index (χ0v) is 15.4. The number of halogens is 1. The number of morpholine rings is 1. The van der Waals surface area contributed by atoms with Crippen molar-refractivity contribution in [3.8, 4) is 11.3 Å². The smallest absolute Gasteiger partial charge is 0.345 e. The fraction of sp³-hybridized carbons (Fsp3) is 0.444. The lowest BCUT2D eigenvalue weighted by molar-refractivity contribution is 0.0378. The van der Waals surface area contributed by atoms with E-state index in [2.05, 4.69) is 15.4 Å². The molecule has 0 saturated carbocycles. The van der Waals surface area contributed by atoms with E-state index in [1.807, 2.05) is 0 Å². The predicted molar refractivity (Wildman–Crippen MR) is 98.7 cm³/mol. The highest BCUT2D eigenvalue weighted by molar-refractivity contribution is 6.30. The molecule has 8 heteroatoms. The third-order valence-corrected chi connectivity index (χ3v) is 4.49. The van der Waals surface area contributed by atoms with Crippen molar-refractivity contribution >= 4 is 23.5 Å². The first-order valence-corrected chi connectivity index (χ1v) is 8.94. The molecule has 0 aliphatic carbocycles. The number of methoxy groups -OCH3 is 1. The molecule has 0 bridgehead atoms. The van der Waals surface area contributed by atoms with Gasteiger partial charge in [0.05, 0.1) is 20.3 Å². The summed E-state index contributed by atoms with van der Waals surface area (Å²) in [7, 11) is 1.34. The molecule has 1 aromatic heterocycles. The first-order chi connectivity index (χ1) is 12.7. The number of hydrogen-bond acceptors (Lipinski definition) is 7. The molecule has 26 heavy (non-hydrogen) atoms. The van der Waals surface area contributed by atoms with Crippen LogP contribution < -0.4 is 5.32 Å². The summed E-state index contributed by atoms with van der Waals surface area (Å²) in [5.41, 5.74) is 1.46. The molecule has 1 aliphatic heterocycles. The maximum Gasteiger partial charge on any atom is 0.345 e. The van der Waals surface area contributed by atoms with E-state index in [-0.39, 0.29) is 0 Å². The minimum Gasteiger partial charge on any atom is -0.465 e. The number of aromatic nitrogens is 1. The first-order valence-electron chi connectivity index (χ1n) is 8.57. The maximum atomic E-state index is 12.2. The van der Waals surface area contributed by atoms with E-state index >= 15 is 0 Å². The van der Waals surface area contributed by atoms with Gasteiger partial charge in [-0.05, 0) is 25.1 Å². The zero-order valence-electron chi connectivity index (χ0n) is 14.7. The quantitative estimate of drug-likeness (QED) is 0.585. The summed E-state index contributed by atoms with van der Waals surface area (Å²) in [5.74, 6) is -0.171. The van der Waals surface area contributed by atoms with E-state index in [1.54, 1.807) is 24.3 Å². The van der Waals surface area contributed by atoms with Crippen molar-refractivity contribution in [2.75, 3.05) is 51.8 Å². The topological polar surface area (TPSA) is 76.8 Å². The molecule has 140 valence electrons. The average Bonchev–Trinajstić information content (AvgIpc) is 3.10. The van der Waals surface area contributed by atoms with Gasteiger partial charge in [0.1, 0.15) is 5.69 Å². The van der Waals surface area contributed by atoms with Crippen LogP contribution in [0.4, 0.5) is 5.88 Å². The number of esters is 1. The molecule has 2 heterocycles. The molecule has 0 radical (unpaired) electrons. The number of hydrogen-bond donors (Lipinski definition) is 1. The predicted octanol–water partition coefficient (Wildman–Crippen LogP) is 2.92. The fourth-order valence-electron chi connectivity index (χ4n) is 2.84. The van der Waals surface area contributed by atoms with Gasteiger partial charge in [0, 0.05) is 30.2 Å². The summed E-state index contributed by atoms with van der Waals surface area (Å²) in [6.07, 6.45) is 0.914. The average molecular weight is 380 g/mol. The normalized spacial score (nSPS) is 15.0. The van der Waals surface area contributed by atoms with E-state index in [9.17, 15) is 4.79 Å². The van der Waals surface area contributed by atoms with Crippen molar-refractivity contribution in [1.29, 1.82) is 0 Å². The van der Waals surface area contributed by atoms with Crippen molar-refractivity contribution in [3.05, 3.63) is 34.9 Å². The van der Waals surface area contributed by atoms with Crippen molar-refractivity contribution in [2.24, 2.45) is 0 Å². The summed E-state index contributed by atoms with van der Waals surface area (Å²) in [4.78, 5) is 14.6.